The van der Waals surface area contributed by atoms with E-state index < -0.39 is 0 Å². The van der Waals surface area contributed by atoms with Gasteiger partial charge in [-0.1, -0.05) is 18.2 Å². The van der Waals surface area contributed by atoms with Gasteiger partial charge in [-0.05, 0) is 32.4 Å². The predicted molar refractivity (Wildman–Crippen MR) is 91.8 cm³/mol. The molecule has 0 aliphatic rings. The van der Waals surface area contributed by atoms with Crippen molar-refractivity contribution in [1.29, 1.82) is 0 Å². The molecule has 120 valence electrons. The van der Waals surface area contributed by atoms with Gasteiger partial charge in [-0.25, -0.2) is 4.98 Å². The van der Waals surface area contributed by atoms with E-state index in [0.29, 0.717) is 25.5 Å². The number of rotatable bonds is 6. The highest BCUT2D eigenvalue weighted by Crippen LogP contribution is 2.24. The lowest BCUT2D eigenvalue weighted by molar-refractivity contribution is 0.0940. The van der Waals surface area contributed by atoms with Gasteiger partial charge in [0, 0.05) is 36.2 Å². The van der Waals surface area contributed by atoms with E-state index in [1.54, 1.807) is 0 Å². The van der Waals surface area contributed by atoms with Gasteiger partial charge >= 0.3 is 0 Å². The Labute approximate surface area is 135 Å². The summed E-state index contributed by atoms with van der Waals surface area (Å²) in [6, 6.07) is 9.97. The molecule has 0 bridgehead atoms. The summed E-state index contributed by atoms with van der Waals surface area (Å²) >= 11 is 0. The Kier molecular flexibility index (Phi) is 4.57. The minimum absolute atomic E-state index is 0.140. The largest absolute Gasteiger partial charge is 0.382 e. The summed E-state index contributed by atoms with van der Waals surface area (Å²) in [4.78, 5) is 20.1. The Morgan fingerprint density at radius 3 is 2.87 bits per heavy atom. The number of fused-ring (bicyclic) bond motifs is 3. The molecular weight excluding hydrogens is 290 g/mol. The minimum Gasteiger partial charge on any atom is -0.382 e. The zero-order chi connectivity index (χ0) is 16.2. The van der Waals surface area contributed by atoms with Crippen LogP contribution in [0.25, 0.3) is 21.8 Å². The lowest BCUT2D eigenvalue weighted by Gasteiger charge is -2.03. The molecule has 3 aromatic rings. The van der Waals surface area contributed by atoms with Crippen molar-refractivity contribution in [3.63, 3.8) is 0 Å². The second-order valence-corrected chi connectivity index (χ2v) is 5.56. The molecule has 2 N–H and O–H groups in total. The van der Waals surface area contributed by atoms with Crippen molar-refractivity contribution in [1.82, 2.24) is 15.3 Å². The van der Waals surface area contributed by atoms with Crippen LogP contribution in [0.15, 0.2) is 30.3 Å². The zero-order valence-electron chi connectivity index (χ0n) is 13.5. The standard InChI is InChI=1S/C18H21N3O2/c1-3-23-10-4-9-19-18(22)15-11-14-8-7-13-6-5-12(2)20-16(13)17(14)21-15/h5-8,11,20H,3-4,9-10H2,1-2H3,(H,19,22). The summed E-state index contributed by atoms with van der Waals surface area (Å²) < 4.78 is 5.26. The first kappa shape index (κ1) is 15.5. The molecule has 0 saturated heterocycles. The molecule has 0 aliphatic carbocycles. The second kappa shape index (κ2) is 6.79. The number of hydrogen-bond donors (Lipinski definition) is 2. The van der Waals surface area contributed by atoms with Crippen LogP contribution in [-0.2, 0) is 4.74 Å². The number of nitrogens with one attached hydrogen (secondary N) is 2. The van der Waals surface area contributed by atoms with E-state index in [4.69, 9.17) is 4.74 Å². The molecule has 0 unspecified atom stereocenters. The fraction of sp³-hybridized carbons (Fsp3) is 0.333. The number of nitrogens with zero attached hydrogens (tertiary/aromatic N) is 1. The van der Waals surface area contributed by atoms with Crippen molar-refractivity contribution in [2.24, 2.45) is 0 Å². The SMILES string of the molecule is CCOCCCNC(=O)c1cc2ccc3ccc(C)[nH]c3c2n1. The molecule has 0 fully saturated rings. The number of H-pyrrole nitrogens is 1. The molecule has 0 aliphatic heterocycles. The third-order valence-electron chi connectivity index (χ3n) is 3.79. The fourth-order valence-corrected chi connectivity index (χ4v) is 2.61. The van der Waals surface area contributed by atoms with Gasteiger partial charge in [-0.3, -0.25) is 4.79 Å². The van der Waals surface area contributed by atoms with E-state index >= 15 is 0 Å². The van der Waals surface area contributed by atoms with Crippen molar-refractivity contribution >= 4 is 27.7 Å². The molecular formula is C18H21N3O2. The zero-order valence-corrected chi connectivity index (χ0v) is 13.5. The van der Waals surface area contributed by atoms with Crippen molar-refractivity contribution < 1.29 is 9.53 Å². The Morgan fingerprint density at radius 1 is 1.26 bits per heavy atom. The number of aromatic nitrogens is 2. The van der Waals surface area contributed by atoms with Crippen molar-refractivity contribution in [2.45, 2.75) is 20.3 Å². The number of aromatic amines is 1. The number of amides is 1. The van der Waals surface area contributed by atoms with Crippen LogP contribution >= 0.6 is 0 Å². The Bertz CT molecular complexity index is 839. The molecule has 3 rings (SSSR count). The van der Waals surface area contributed by atoms with Gasteiger partial charge in [-0.15, -0.1) is 0 Å². The van der Waals surface area contributed by atoms with E-state index in [1.807, 2.05) is 38.1 Å². The van der Waals surface area contributed by atoms with Crippen LogP contribution in [0.1, 0.15) is 29.5 Å². The first-order valence-electron chi connectivity index (χ1n) is 7.94. The first-order chi connectivity index (χ1) is 11.2. The first-order valence-corrected chi connectivity index (χ1v) is 7.94. The van der Waals surface area contributed by atoms with Gasteiger partial charge in [-0.2, -0.15) is 0 Å². The highest BCUT2D eigenvalue weighted by atomic mass is 16.5. The van der Waals surface area contributed by atoms with E-state index in [1.165, 1.54) is 0 Å². The summed E-state index contributed by atoms with van der Waals surface area (Å²) in [6.07, 6.45) is 0.801. The molecule has 1 amide bonds. The van der Waals surface area contributed by atoms with Crippen LogP contribution in [0.5, 0.6) is 0 Å². The normalized spacial score (nSPS) is 11.2. The lowest BCUT2D eigenvalue weighted by Crippen LogP contribution is -2.25. The summed E-state index contributed by atoms with van der Waals surface area (Å²) in [5.41, 5.74) is 3.33. The van der Waals surface area contributed by atoms with Crippen LogP contribution in [-0.4, -0.2) is 35.6 Å². The average Bonchev–Trinajstić information content (AvgIpc) is 2.99. The van der Waals surface area contributed by atoms with E-state index in [0.717, 1.165) is 33.9 Å². The number of pyridine rings is 1. The number of hydrogen-bond acceptors (Lipinski definition) is 3. The molecule has 0 radical (unpaired) electrons. The molecule has 0 atom stereocenters. The maximum Gasteiger partial charge on any atom is 0.269 e. The van der Waals surface area contributed by atoms with Crippen molar-refractivity contribution in [3.8, 4) is 0 Å². The highest BCUT2D eigenvalue weighted by Gasteiger charge is 2.12. The monoisotopic (exact) mass is 311 g/mol. The Morgan fingerprint density at radius 2 is 2.04 bits per heavy atom. The van der Waals surface area contributed by atoms with Crippen LogP contribution in [0, 0.1) is 6.92 Å². The molecule has 2 heterocycles. The quantitative estimate of drug-likeness (QED) is 0.687. The van der Waals surface area contributed by atoms with Gasteiger partial charge in [0.15, 0.2) is 0 Å². The smallest absolute Gasteiger partial charge is 0.269 e. The van der Waals surface area contributed by atoms with Gasteiger partial charge in [0.25, 0.3) is 5.91 Å². The number of carbonyl (C=O) groups excluding carboxylic acids is 1. The number of aryl methyl sites for hydroxylation is 1. The van der Waals surface area contributed by atoms with Crippen LogP contribution in [0.3, 0.4) is 0 Å². The third-order valence-corrected chi connectivity index (χ3v) is 3.79. The number of benzene rings is 1. The summed E-state index contributed by atoms with van der Waals surface area (Å²) in [5.74, 6) is -0.140. The maximum atomic E-state index is 12.2. The molecule has 0 saturated carbocycles. The predicted octanol–water partition coefficient (Wildman–Crippen LogP) is 3.18. The van der Waals surface area contributed by atoms with E-state index in [2.05, 4.69) is 21.4 Å². The van der Waals surface area contributed by atoms with Gasteiger partial charge < -0.3 is 15.0 Å². The summed E-state index contributed by atoms with van der Waals surface area (Å²) in [6.45, 7) is 5.92. The molecule has 23 heavy (non-hydrogen) atoms. The van der Waals surface area contributed by atoms with Gasteiger partial charge in [0.2, 0.25) is 0 Å². The fourth-order valence-electron chi connectivity index (χ4n) is 2.61. The lowest BCUT2D eigenvalue weighted by atomic mass is 10.1. The number of carbonyl (C=O) groups is 1. The molecule has 5 nitrogen and oxygen atoms in total. The molecule has 1 aromatic carbocycles. The van der Waals surface area contributed by atoms with Gasteiger partial charge in [0.1, 0.15) is 5.69 Å². The van der Waals surface area contributed by atoms with Crippen LogP contribution in [0.2, 0.25) is 0 Å². The Hall–Kier alpha value is -2.40. The maximum absolute atomic E-state index is 12.2. The van der Waals surface area contributed by atoms with Gasteiger partial charge in [0.05, 0.1) is 11.0 Å². The van der Waals surface area contributed by atoms with E-state index in [-0.39, 0.29) is 5.91 Å². The minimum atomic E-state index is -0.140. The summed E-state index contributed by atoms with van der Waals surface area (Å²) in [5, 5.41) is 4.95. The third kappa shape index (κ3) is 3.35. The second-order valence-electron chi connectivity index (χ2n) is 5.56. The van der Waals surface area contributed by atoms with Crippen LogP contribution in [0.4, 0.5) is 0 Å². The highest BCUT2D eigenvalue weighted by molar-refractivity contribution is 6.07. The van der Waals surface area contributed by atoms with Crippen molar-refractivity contribution in [3.05, 3.63) is 41.7 Å². The number of ether oxygens (including phenoxy) is 1. The van der Waals surface area contributed by atoms with Crippen molar-refractivity contribution in [2.75, 3.05) is 19.8 Å². The van der Waals surface area contributed by atoms with Crippen LogP contribution < -0.4 is 5.32 Å². The molecule has 5 heteroatoms. The Balaban J connectivity index is 1.81. The molecule has 2 aromatic heterocycles. The van der Waals surface area contributed by atoms with E-state index in [9.17, 15) is 4.79 Å². The average molecular weight is 311 g/mol. The topological polar surface area (TPSA) is 67.0 Å². The molecule has 0 spiro atoms. The summed E-state index contributed by atoms with van der Waals surface area (Å²) in [7, 11) is 0.